The lowest BCUT2D eigenvalue weighted by Gasteiger charge is -2.36. The Bertz CT molecular complexity index is 1550. The van der Waals surface area contributed by atoms with Gasteiger partial charge in [0.15, 0.2) is 5.11 Å². The number of thiocarbonyl (C=S) groups is 1. The Morgan fingerprint density at radius 1 is 0.743 bits per heavy atom. The Kier molecular flexibility index (Phi) is 5.61. The smallest absolute Gasteiger partial charge is 0.270 e. The molecular formula is C29H25N3O2S. The molecule has 5 rings (SSSR count). The number of aryl methyl sites for hydroxylation is 3. The van der Waals surface area contributed by atoms with Crippen molar-refractivity contribution in [3.8, 4) is 0 Å². The lowest BCUT2D eigenvalue weighted by atomic mass is 10.0. The van der Waals surface area contributed by atoms with Crippen molar-refractivity contribution >= 4 is 57.5 Å². The first kappa shape index (κ1) is 22.7. The zero-order valence-electron chi connectivity index (χ0n) is 20.1. The van der Waals surface area contributed by atoms with Gasteiger partial charge in [0.2, 0.25) is 0 Å². The molecule has 4 aromatic rings. The number of para-hydroxylation sites is 2. The first-order chi connectivity index (χ1) is 16.8. The highest BCUT2D eigenvalue weighted by atomic mass is 32.1. The van der Waals surface area contributed by atoms with Gasteiger partial charge in [-0.15, -0.1) is 0 Å². The highest BCUT2D eigenvalue weighted by Gasteiger charge is 2.41. The highest BCUT2D eigenvalue weighted by Crippen LogP contribution is 2.33. The molecule has 1 saturated heterocycles. The molecule has 0 bridgehead atoms. The third-order valence-corrected chi connectivity index (χ3v) is 7.11. The third kappa shape index (κ3) is 3.67. The molecule has 0 unspecified atom stereocenters. The van der Waals surface area contributed by atoms with Crippen molar-refractivity contribution in [2.24, 2.45) is 7.05 Å². The van der Waals surface area contributed by atoms with Crippen molar-refractivity contribution in [2.45, 2.75) is 20.8 Å². The fourth-order valence-corrected chi connectivity index (χ4v) is 4.88. The summed E-state index contributed by atoms with van der Waals surface area (Å²) in [7, 11) is 1.98. The van der Waals surface area contributed by atoms with Crippen molar-refractivity contribution in [3.63, 3.8) is 0 Å². The number of carbonyl (C=O) groups excluding carboxylic acids is 2. The molecule has 0 spiro atoms. The molecule has 1 aliphatic rings. The summed E-state index contributed by atoms with van der Waals surface area (Å²) < 4.78 is 2.07. The fraction of sp³-hybridized carbons (Fsp3) is 0.138. The van der Waals surface area contributed by atoms with E-state index in [2.05, 4.69) is 4.57 Å². The maximum atomic E-state index is 13.9. The van der Waals surface area contributed by atoms with Crippen LogP contribution in [-0.2, 0) is 16.6 Å². The van der Waals surface area contributed by atoms with Crippen LogP contribution in [0.3, 0.4) is 0 Å². The minimum atomic E-state index is -0.432. The van der Waals surface area contributed by atoms with Crippen LogP contribution in [0.5, 0.6) is 0 Å². The topological polar surface area (TPSA) is 45.6 Å². The van der Waals surface area contributed by atoms with E-state index in [0.717, 1.165) is 33.3 Å². The van der Waals surface area contributed by atoms with Crippen molar-refractivity contribution in [1.82, 2.24) is 4.57 Å². The number of hydrogen-bond acceptors (Lipinski definition) is 3. The Balaban J connectivity index is 1.73. The van der Waals surface area contributed by atoms with Crippen LogP contribution in [0.15, 0.2) is 78.4 Å². The average Bonchev–Trinajstić information content (AvgIpc) is 3.09. The average molecular weight is 480 g/mol. The second kappa shape index (κ2) is 8.64. The molecule has 1 fully saturated rings. The molecule has 0 aliphatic carbocycles. The van der Waals surface area contributed by atoms with Gasteiger partial charge in [-0.05, 0) is 80.5 Å². The number of fused-ring (bicyclic) bond motifs is 1. The highest BCUT2D eigenvalue weighted by molar-refractivity contribution is 7.81. The van der Waals surface area contributed by atoms with Gasteiger partial charge in [-0.3, -0.25) is 19.4 Å². The van der Waals surface area contributed by atoms with Gasteiger partial charge in [-0.25, -0.2) is 0 Å². The van der Waals surface area contributed by atoms with Crippen LogP contribution in [0.4, 0.5) is 11.4 Å². The maximum Gasteiger partial charge on any atom is 0.270 e. The molecule has 5 nitrogen and oxygen atoms in total. The summed E-state index contributed by atoms with van der Waals surface area (Å²) >= 11 is 5.75. The van der Waals surface area contributed by atoms with Crippen molar-refractivity contribution in [2.75, 3.05) is 9.80 Å². The lowest BCUT2D eigenvalue weighted by molar-refractivity contribution is -0.120. The predicted molar refractivity (Wildman–Crippen MR) is 146 cm³/mol. The summed E-state index contributed by atoms with van der Waals surface area (Å²) in [5, 5.41) is 1.12. The van der Waals surface area contributed by atoms with Crippen LogP contribution in [0.25, 0.3) is 17.0 Å². The van der Waals surface area contributed by atoms with E-state index in [1.165, 1.54) is 9.80 Å². The molecule has 0 saturated carbocycles. The molecule has 2 heterocycles. The molecule has 0 N–H and O–H groups in total. The van der Waals surface area contributed by atoms with Crippen LogP contribution in [-0.4, -0.2) is 21.5 Å². The van der Waals surface area contributed by atoms with E-state index in [0.29, 0.717) is 11.4 Å². The van der Waals surface area contributed by atoms with E-state index in [4.69, 9.17) is 12.2 Å². The van der Waals surface area contributed by atoms with E-state index in [1.54, 1.807) is 6.08 Å². The summed E-state index contributed by atoms with van der Waals surface area (Å²) in [5.41, 5.74) is 6.33. The number of benzene rings is 3. The van der Waals surface area contributed by atoms with Crippen LogP contribution in [0, 0.1) is 20.8 Å². The first-order valence-corrected chi connectivity index (χ1v) is 11.8. The number of hydrogen-bond donors (Lipinski definition) is 0. The number of rotatable bonds is 3. The molecule has 35 heavy (non-hydrogen) atoms. The summed E-state index contributed by atoms with van der Waals surface area (Å²) in [6.07, 6.45) is 1.72. The molecule has 1 aromatic heterocycles. The minimum Gasteiger partial charge on any atom is -0.347 e. The van der Waals surface area contributed by atoms with Gasteiger partial charge in [0.1, 0.15) is 5.57 Å². The second-order valence-corrected chi connectivity index (χ2v) is 9.17. The van der Waals surface area contributed by atoms with Crippen molar-refractivity contribution in [1.29, 1.82) is 0 Å². The molecule has 0 radical (unpaired) electrons. The molecule has 2 amide bonds. The SMILES string of the molecule is Cc1ccc(N2C(=O)/C(=C/c3c(C)n(C)c4ccccc34)C(=O)N(c3ccccc3)C2=S)cc1C. The molecule has 174 valence electrons. The molecular weight excluding hydrogens is 454 g/mol. The number of carbonyl (C=O) groups is 2. The number of nitrogens with zero attached hydrogens (tertiary/aromatic N) is 3. The van der Waals surface area contributed by atoms with Crippen LogP contribution >= 0.6 is 12.2 Å². The third-order valence-electron chi connectivity index (χ3n) is 6.75. The van der Waals surface area contributed by atoms with Crippen LogP contribution in [0.2, 0.25) is 0 Å². The van der Waals surface area contributed by atoms with E-state index in [1.807, 2.05) is 101 Å². The van der Waals surface area contributed by atoms with Gasteiger partial charge >= 0.3 is 0 Å². The second-order valence-electron chi connectivity index (χ2n) is 8.80. The molecule has 1 aliphatic heterocycles. The summed E-state index contributed by atoms with van der Waals surface area (Å²) in [4.78, 5) is 30.6. The van der Waals surface area contributed by atoms with Gasteiger partial charge in [0.25, 0.3) is 11.8 Å². The quantitative estimate of drug-likeness (QED) is 0.210. The van der Waals surface area contributed by atoms with E-state index < -0.39 is 11.8 Å². The van der Waals surface area contributed by atoms with Gasteiger partial charge in [0, 0.05) is 29.2 Å². The maximum absolute atomic E-state index is 13.9. The van der Waals surface area contributed by atoms with E-state index in [9.17, 15) is 9.59 Å². The monoisotopic (exact) mass is 479 g/mol. The molecule has 0 atom stereocenters. The van der Waals surface area contributed by atoms with Crippen LogP contribution < -0.4 is 9.80 Å². The van der Waals surface area contributed by atoms with Gasteiger partial charge in [-0.2, -0.15) is 0 Å². The summed E-state index contributed by atoms with van der Waals surface area (Å²) in [6, 6.07) is 22.9. The number of aromatic nitrogens is 1. The Hall–Kier alpha value is -4.03. The fourth-order valence-electron chi connectivity index (χ4n) is 4.50. The van der Waals surface area contributed by atoms with E-state index >= 15 is 0 Å². The zero-order valence-corrected chi connectivity index (χ0v) is 20.9. The number of anilines is 2. The van der Waals surface area contributed by atoms with E-state index in [-0.39, 0.29) is 10.7 Å². The van der Waals surface area contributed by atoms with Crippen molar-refractivity contribution in [3.05, 3.63) is 101 Å². The first-order valence-electron chi connectivity index (χ1n) is 11.4. The predicted octanol–water partition coefficient (Wildman–Crippen LogP) is 5.85. The Morgan fingerprint density at radius 3 is 2.06 bits per heavy atom. The van der Waals surface area contributed by atoms with Gasteiger partial charge in [-0.1, -0.05) is 42.5 Å². The summed E-state index contributed by atoms with van der Waals surface area (Å²) in [5.74, 6) is -0.860. The van der Waals surface area contributed by atoms with Gasteiger partial charge in [0.05, 0.1) is 11.4 Å². The normalized spacial score (nSPS) is 15.5. The summed E-state index contributed by atoms with van der Waals surface area (Å²) in [6.45, 7) is 6.00. The number of amides is 2. The Labute approximate surface area is 209 Å². The van der Waals surface area contributed by atoms with Crippen molar-refractivity contribution < 1.29 is 9.59 Å². The van der Waals surface area contributed by atoms with Gasteiger partial charge < -0.3 is 4.57 Å². The zero-order chi connectivity index (χ0) is 24.9. The largest absolute Gasteiger partial charge is 0.347 e. The van der Waals surface area contributed by atoms with Crippen LogP contribution in [0.1, 0.15) is 22.4 Å². The molecule has 6 heteroatoms. The minimum absolute atomic E-state index is 0.0696. The standard InChI is InChI=1S/C29H25N3O2S/c1-18-14-15-22(16-19(18)2)32-28(34)25(27(33)31(29(32)35)21-10-6-5-7-11-21)17-24-20(3)30(4)26-13-9-8-12-23(24)26/h5-17H,1-4H3/b25-17+. The Morgan fingerprint density at radius 2 is 1.37 bits per heavy atom. The lowest BCUT2D eigenvalue weighted by Crippen LogP contribution is -2.57. The molecule has 3 aromatic carbocycles.